The number of hydrogen-bond acceptors (Lipinski definition) is 4. The fourth-order valence-electron chi connectivity index (χ4n) is 5.72. The van der Waals surface area contributed by atoms with Crippen LogP contribution >= 0.6 is 0 Å². The first-order valence-electron chi connectivity index (χ1n) is 12.5. The van der Waals surface area contributed by atoms with Crippen molar-refractivity contribution in [1.82, 2.24) is 15.5 Å². The summed E-state index contributed by atoms with van der Waals surface area (Å²) in [6.45, 7) is 5.77. The Hall–Kier alpha value is -2.67. The standard InChI is InChI=1S/C27H39N3O4/c1-5-10-17(3)29-26(33)24-21-14-13-19(6-2)22(25(32)28-4)23(21)27(34)30(24)20(16-31)15-18-11-8-7-9-12-18/h7-9,11-14,17,19-24,31H,5-6,10,15-16H2,1-4H3,(H,28,32)(H,29,33)/t17?,19-,20-,21+,22-,23+,24+/m1/s1. The molecule has 1 unspecified atom stereocenters. The summed E-state index contributed by atoms with van der Waals surface area (Å²) in [4.78, 5) is 42.1. The minimum atomic E-state index is -0.765. The number of hydrogen-bond donors (Lipinski definition) is 3. The second-order valence-electron chi connectivity index (χ2n) is 9.61. The number of rotatable bonds is 10. The highest BCUT2D eigenvalue weighted by molar-refractivity contribution is 5.97. The van der Waals surface area contributed by atoms with Crippen LogP contribution < -0.4 is 10.6 Å². The fraction of sp³-hybridized carbons (Fsp3) is 0.593. The molecule has 1 aliphatic carbocycles. The van der Waals surface area contributed by atoms with Crippen molar-refractivity contribution >= 4 is 17.7 Å². The van der Waals surface area contributed by atoms with E-state index in [0.29, 0.717) is 6.42 Å². The zero-order valence-corrected chi connectivity index (χ0v) is 20.7. The zero-order valence-electron chi connectivity index (χ0n) is 20.7. The van der Waals surface area contributed by atoms with Gasteiger partial charge in [0.1, 0.15) is 6.04 Å². The van der Waals surface area contributed by atoms with E-state index in [4.69, 9.17) is 0 Å². The summed E-state index contributed by atoms with van der Waals surface area (Å²) in [6.07, 6.45) is 6.89. The quantitative estimate of drug-likeness (QED) is 0.458. The van der Waals surface area contributed by atoms with Crippen LogP contribution in [0.5, 0.6) is 0 Å². The van der Waals surface area contributed by atoms with E-state index in [2.05, 4.69) is 17.6 Å². The lowest BCUT2D eigenvalue weighted by Crippen LogP contribution is -2.54. The molecule has 0 spiro atoms. The third-order valence-corrected chi connectivity index (χ3v) is 7.37. The van der Waals surface area contributed by atoms with Gasteiger partial charge < -0.3 is 20.6 Å². The molecule has 7 atom stereocenters. The minimum absolute atomic E-state index is 0.0269. The van der Waals surface area contributed by atoms with Gasteiger partial charge in [-0.3, -0.25) is 14.4 Å². The van der Waals surface area contributed by atoms with Crippen molar-refractivity contribution in [1.29, 1.82) is 0 Å². The van der Waals surface area contributed by atoms with Gasteiger partial charge in [0.05, 0.1) is 24.5 Å². The van der Waals surface area contributed by atoms with Crippen LogP contribution in [0, 0.1) is 23.7 Å². The Bertz CT molecular complexity index is 887. The zero-order chi connectivity index (χ0) is 24.8. The van der Waals surface area contributed by atoms with E-state index in [1.54, 1.807) is 11.9 Å². The molecule has 0 aromatic heterocycles. The number of amides is 3. The first kappa shape index (κ1) is 25.9. The smallest absolute Gasteiger partial charge is 0.243 e. The van der Waals surface area contributed by atoms with E-state index in [0.717, 1.165) is 24.8 Å². The Balaban J connectivity index is 2.02. The molecule has 3 rings (SSSR count). The summed E-state index contributed by atoms with van der Waals surface area (Å²) in [6, 6.07) is 8.31. The first-order chi connectivity index (χ1) is 16.4. The topological polar surface area (TPSA) is 98.7 Å². The van der Waals surface area contributed by atoms with Crippen LogP contribution in [-0.2, 0) is 20.8 Å². The van der Waals surface area contributed by atoms with E-state index in [-0.39, 0.29) is 36.3 Å². The molecule has 1 aromatic rings. The van der Waals surface area contributed by atoms with Crippen molar-refractivity contribution in [3.8, 4) is 0 Å². The molecule has 1 heterocycles. The summed E-state index contributed by atoms with van der Waals surface area (Å²) in [7, 11) is 1.59. The molecule has 34 heavy (non-hydrogen) atoms. The van der Waals surface area contributed by atoms with Gasteiger partial charge in [-0.1, -0.05) is 62.8 Å². The molecule has 7 heteroatoms. The van der Waals surface area contributed by atoms with Crippen LogP contribution in [-0.4, -0.2) is 59.5 Å². The van der Waals surface area contributed by atoms with Gasteiger partial charge in [-0.05, 0) is 37.7 Å². The Kier molecular flexibility index (Phi) is 8.89. The number of nitrogens with zero attached hydrogens (tertiary/aromatic N) is 1. The molecule has 3 amide bonds. The van der Waals surface area contributed by atoms with E-state index in [1.165, 1.54) is 0 Å². The fourth-order valence-corrected chi connectivity index (χ4v) is 5.72. The van der Waals surface area contributed by atoms with Gasteiger partial charge in [-0.25, -0.2) is 0 Å². The van der Waals surface area contributed by atoms with Crippen LogP contribution in [0.3, 0.4) is 0 Å². The lowest BCUT2D eigenvalue weighted by atomic mass is 9.69. The molecule has 1 aliphatic heterocycles. The lowest BCUT2D eigenvalue weighted by molar-refractivity contribution is -0.143. The van der Waals surface area contributed by atoms with Crippen LogP contribution in [0.1, 0.15) is 45.6 Å². The molecule has 0 saturated carbocycles. The van der Waals surface area contributed by atoms with E-state index < -0.39 is 29.8 Å². The molecule has 186 valence electrons. The van der Waals surface area contributed by atoms with Crippen LogP contribution in [0.4, 0.5) is 0 Å². The summed E-state index contributed by atoms with van der Waals surface area (Å²) >= 11 is 0. The average molecular weight is 470 g/mol. The first-order valence-corrected chi connectivity index (χ1v) is 12.5. The molecule has 1 fully saturated rings. The van der Waals surface area contributed by atoms with Gasteiger partial charge in [-0.15, -0.1) is 0 Å². The summed E-state index contributed by atoms with van der Waals surface area (Å²) in [5.74, 6) is -2.28. The number of carbonyl (C=O) groups is 3. The molecule has 1 aromatic carbocycles. The molecule has 7 nitrogen and oxygen atoms in total. The number of nitrogens with one attached hydrogen (secondary N) is 2. The maximum absolute atomic E-state index is 14.0. The third-order valence-electron chi connectivity index (χ3n) is 7.37. The molecule has 3 N–H and O–H groups in total. The number of aliphatic hydroxyl groups excluding tert-OH is 1. The molecule has 0 radical (unpaired) electrons. The van der Waals surface area contributed by atoms with Crippen molar-refractivity contribution in [2.45, 2.75) is 64.6 Å². The van der Waals surface area contributed by atoms with E-state index in [1.807, 2.05) is 56.3 Å². The lowest BCUT2D eigenvalue weighted by Gasteiger charge is -2.34. The molecular weight excluding hydrogens is 430 g/mol. The average Bonchev–Trinajstić information content (AvgIpc) is 3.14. The Morgan fingerprint density at radius 1 is 1.12 bits per heavy atom. The number of allylic oxidation sites excluding steroid dienone is 1. The maximum Gasteiger partial charge on any atom is 0.243 e. The Morgan fingerprint density at radius 2 is 1.82 bits per heavy atom. The maximum atomic E-state index is 14.0. The van der Waals surface area contributed by atoms with Crippen molar-refractivity contribution in [2.24, 2.45) is 23.7 Å². The van der Waals surface area contributed by atoms with Crippen LogP contribution in [0.15, 0.2) is 42.5 Å². The summed E-state index contributed by atoms with van der Waals surface area (Å²) in [5.41, 5.74) is 0.979. The predicted octanol–water partition coefficient (Wildman–Crippen LogP) is 2.30. The van der Waals surface area contributed by atoms with Gasteiger partial charge in [0, 0.05) is 19.0 Å². The number of benzene rings is 1. The SMILES string of the molecule is CCCC(C)NC(=O)[C@@H]1[C@H]2C=C[C@@H](CC)[C@@H](C(=O)NC)[C@H]2C(=O)N1[C@@H](CO)Cc1ccccc1. The second-order valence-corrected chi connectivity index (χ2v) is 9.61. The summed E-state index contributed by atoms with van der Waals surface area (Å²) in [5, 5.41) is 16.2. The monoisotopic (exact) mass is 469 g/mol. The Morgan fingerprint density at radius 3 is 2.41 bits per heavy atom. The van der Waals surface area contributed by atoms with Gasteiger partial charge in [0.15, 0.2) is 0 Å². The van der Waals surface area contributed by atoms with E-state index in [9.17, 15) is 19.5 Å². The van der Waals surface area contributed by atoms with Gasteiger partial charge >= 0.3 is 0 Å². The third kappa shape index (κ3) is 5.19. The highest BCUT2D eigenvalue weighted by Crippen LogP contribution is 2.45. The second kappa shape index (κ2) is 11.6. The molecule has 1 saturated heterocycles. The van der Waals surface area contributed by atoms with Crippen molar-refractivity contribution in [3.63, 3.8) is 0 Å². The summed E-state index contributed by atoms with van der Waals surface area (Å²) < 4.78 is 0. The molecule has 0 bridgehead atoms. The van der Waals surface area contributed by atoms with Crippen LogP contribution in [0.2, 0.25) is 0 Å². The molecular formula is C27H39N3O4. The number of fused-ring (bicyclic) bond motifs is 1. The molecule has 2 aliphatic rings. The normalized spacial score (nSPS) is 27.7. The largest absolute Gasteiger partial charge is 0.394 e. The van der Waals surface area contributed by atoms with Crippen molar-refractivity contribution in [2.75, 3.05) is 13.7 Å². The van der Waals surface area contributed by atoms with Crippen molar-refractivity contribution < 1.29 is 19.5 Å². The van der Waals surface area contributed by atoms with Gasteiger partial charge in [0.2, 0.25) is 17.7 Å². The number of carbonyl (C=O) groups excluding carboxylic acids is 3. The number of aliphatic hydroxyl groups is 1. The Labute approximate surface area is 203 Å². The minimum Gasteiger partial charge on any atom is -0.394 e. The van der Waals surface area contributed by atoms with Crippen molar-refractivity contribution in [3.05, 3.63) is 48.0 Å². The van der Waals surface area contributed by atoms with Gasteiger partial charge in [-0.2, -0.15) is 0 Å². The van der Waals surface area contributed by atoms with Crippen LogP contribution in [0.25, 0.3) is 0 Å². The van der Waals surface area contributed by atoms with E-state index >= 15 is 0 Å². The van der Waals surface area contributed by atoms with Gasteiger partial charge in [0.25, 0.3) is 0 Å². The highest BCUT2D eigenvalue weighted by atomic mass is 16.3. The highest BCUT2D eigenvalue weighted by Gasteiger charge is 2.58. The predicted molar refractivity (Wildman–Crippen MR) is 132 cm³/mol. The number of likely N-dealkylation sites (tertiary alicyclic amines) is 1.